The molecule has 1 heterocycles. The maximum atomic E-state index is 12.6. The number of anilines is 1. The Balaban J connectivity index is 2.23. The van der Waals surface area contributed by atoms with Crippen molar-refractivity contribution in [2.75, 3.05) is 32.1 Å². The summed E-state index contributed by atoms with van der Waals surface area (Å²) in [5, 5.41) is 3.09. The lowest BCUT2D eigenvalue weighted by Crippen LogP contribution is -2.48. The smallest absolute Gasteiger partial charge is 0.254 e. The van der Waals surface area contributed by atoms with E-state index < -0.39 is 0 Å². The zero-order valence-corrected chi connectivity index (χ0v) is 11.9. The van der Waals surface area contributed by atoms with E-state index in [0.717, 1.165) is 23.2 Å². The predicted octanol–water partition coefficient (Wildman–Crippen LogP) is 2.29. The van der Waals surface area contributed by atoms with Crippen LogP contribution in [0.15, 0.2) is 18.2 Å². The van der Waals surface area contributed by atoms with E-state index in [1.807, 2.05) is 37.1 Å². The molecular weight excluding hydrogens is 240 g/mol. The molecule has 0 saturated carbocycles. The van der Waals surface area contributed by atoms with Gasteiger partial charge in [0.2, 0.25) is 0 Å². The number of benzene rings is 1. The van der Waals surface area contributed by atoms with E-state index in [1.165, 1.54) is 0 Å². The summed E-state index contributed by atoms with van der Waals surface area (Å²) in [5.74, 6) is 0.121. The van der Waals surface area contributed by atoms with Crippen molar-refractivity contribution >= 4 is 11.6 Å². The molecule has 0 radical (unpaired) electrons. The van der Waals surface area contributed by atoms with Gasteiger partial charge in [-0.15, -0.1) is 0 Å². The fourth-order valence-electron chi connectivity index (χ4n) is 2.47. The predicted molar refractivity (Wildman–Crippen MR) is 76.7 cm³/mol. The lowest BCUT2D eigenvalue weighted by molar-refractivity contribution is -0.00283. The quantitative estimate of drug-likeness (QED) is 0.908. The van der Waals surface area contributed by atoms with Gasteiger partial charge in [-0.05, 0) is 37.1 Å². The van der Waals surface area contributed by atoms with E-state index >= 15 is 0 Å². The first-order chi connectivity index (χ1) is 9.17. The molecule has 1 saturated heterocycles. The molecule has 1 aromatic rings. The highest BCUT2D eigenvalue weighted by Crippen LogP contribution is 2.20. The molecule has 19 heavy (non-hydrogen) atoms. The van der Waals surface area contributed by atoms with Crippen LogP contribution in [0.1, 0.15) is 29.3 Å². The van der Waals surface area contributed by atoms with Gasteiger partial charge in [0.1, 0.15) is 0 Å². The summed E-state index contributed by atoms with van der Waals surface area (Å²) >= 11 is 0. The number of carbonyl (C=O) groups excluding carboxylic acids is 1. The second-order valence-corrected chi connectivity index (χ2v) is 4.92. The SMILES string of the molecule is CCC1COCCN1C(=O)c1ccc(NC)cc1C. The van der Waals surface area contributed by atoms with Crippen molar-refractivity contribution in [1.82, 2.24) is 4.90 Å². The van der Waals surface area contributed by atoms with Gasteiger partial charge in [-0.1, -0.05) is 6.92 Å². The van der Waals surface area contributed by atoms with Crippen LogP contribution in [0.5, 0.6) is 0 Å². The largest absolute Gasteiger partial charge is 0.388 e. The lowest BCUT2D eigenvalue weighted by Gasteiger charge is -2.35. The topological polar surface area (TPSA) is 41.6 Å². The molecule has 2 rings (SSSR count). The van der Waals surface area contributed by atoms with Crippen LogP contribution < -0.4 is 5.32 Å². The Morgan fingerprint density at radius 1 is 1.53 bits per heavy atom. The Kier molecular flexibility index (Phi) is 4.43. The third-order valence-electron chi connectivity index (χ3n) is 3.71. The van der Waals surface area contributed by atoms with Crippen molar-refractivity contribution in [2.45, 2.75) is 26.3 Å². The van der Waals surface area contributed by atoms with Crippen molar-refractivity contribution < 1.29 is 9.53 Å². The van der Waals surface area contributed by atoms with Crippen molar-refractivity contribution in [1.29, 1.82) is 0 Å². The molecule has 4 heteroatoms. The molecule has 1 amide bonds. The fourth-order valence-corrected chi connectivity index (χ4v) is 2.47. The van der Waals surface area contributed by atoms with Gasteiger partial charge in [-0.3, -0.25) is 4.79 Å². The first-order valence-electron chi connectivity index (χ1n) is 6.84. The molecule has 1 aliphatic heterocycles. The molecule has 1 N–H and O–H groups in total. The van der Waals surface area contributed by atoms with Gasteiger partial charge in [0.25, 0.3) is 5.91 Å². The standard InChI is InChI=1S/C15H22N2O2/c1-4-13-10-19-8-7-17(13)15(18)14-6-5-12(16-3)9-11(14)2/h5-6,9,13,16H,4,7-8,10H2,1-3H3. The van der Waals surface area contributed by atoms with Crippen LogP contribution in [-0.4, -0.2) is 43.7 Å². The summed E-state index contributed by atoms with van der Waals surface area (Å²) in [4.78, 5) is 14.6. The molecule has 104 valence electrons. The molecule has 1 atom stereocenters. The van der Waals surface area contributed by atoms with Crippen molar-refractivity contribution in [3.63, 3.8) is 0 Å². The number of nitrogens with zero attached hydrogens (tertiary/aromatic N) is 1. The third kappa shape index (κ3) is 2.89. The van der Waals surface area contributed by atoms with Crippen molar-refractivity contribution in [3.05, 3.63) is 29.3 Å². The normalized spacial score (nSPS) is 19.3. The zero-order chi connectivity index (χ0) is 13.8. The van der Waals surface area contributed by atoms with E-state index in [1.54, 1.807) is 0 Å². The number of nitrogens with one attached hydrogen (secondary N) is 1. The maximum Gasteiger partial charge on any atom is 0.254 e. The number of aryl methyl sites for hydroxylation is 1. The van der Waals surface area contributed by atoms with Crippen LogP contribution in [0, 0.1) is 6.92 Å². The van der Waals surface area contributed by atoms with E-state index in [-0.39, 0.29) is 11.9 Å². The average molecular weight is 262 g/mol. The first kappa shape index (κ1) is 13.9. The van der Waals surface area contributed by atoms with Gasteiger partial charge >= 0.3 is 0 Å². The van der Waals surface area contributed by atoms with Crippen LogP contribution in [0.2, 0.25) is 0 Å². The minimum atomic E-state index is 0.121. The van der Waals surface area contributed by atoms with Crippen molar-refractivity contribution in [3.8, 4) is 0 Å². The zero-order valence-electron chi connectivity index (χ0n) is 11.9. The van der Waals surface area contributed by atoms with Gasteiger partial charge in [0.05, 0.1) is 19.3 Å². The van der Waals surface area contributed by atoms with E-state index in [4.69, 9.17) is 4.74 Å². The number of rotatable bonds is 3. The Morgan fingerprint density at radius 3 is 2.95 bits per heavy atom. The van der Waals surface area contributed by atoms with Crippen LogP contribution in [0.4, 0.5) is 5.69 Å². The molecule has 1 unspecified atom stereocenters. The molecule has 4 nitrogen and oxygen atoms in total. The second kappa shape index (κ2) is 6.06. The number of amides is 1. The van der Waals surface area contributed by atoms with Crippen LogP contribution in [-0.2, 0) is 4.74 Å². The number of carbonyl (C=O) groups is 1. The van der Waals surface area contributed by atoms with E-state index in [9.17, 15) is 4.79 Å². The molecule has 1 aliphatic rings. The molecule has 1 fully saturated rings. The minimum Gasteiger partial charge on any atom is -0.388 e. The summed E-state index contributed by atoms with van der Waals surface area (Å²) < 4.78 is 5.45. The summed E-state index contributed by atoms with van der Waals surface area (Å²) in [6.07, 6.45) is 0.930. The van der Waals surface area contributed by atoms with Crippen LogP contribution in [0.3, 0.4) is 0 Å². The maximum absolute atomic E-state index is 12.6. The number of hydrogen-bond donors (Lipinski definition) is 1. The average Bonchev–Trinajstić information content (AvgIpc) is 2.46. The molecule has 0 spiro atoms. The Hall–Kier alpha value is -1.55. The van der Waals surface area contributed by atoms with Gasteiger partial charge < -0.3 is 15.0 Å². The summed E-state index contributed by atoms with van der Waals surface area (Å²) in [7, 11) is 1.88. The molecule has 0 aliphatic carbocycles. The number of morpholine rings is 1. The fraction of sp³-hybridized carbons (Fsp3) is 0.533. The molecular formula is C15H22N2O2. The minimum absolute atomic E-state index is 0.121. The molecule has 0 aromatic heterocycles. The third-order valence-corrected chi connectivity index (χ3v) is 3.71. The van der Waals surface area contributed by atoms with Gasteiger partial charge in [0, 0.05) is 24.8 Å². The Morgan fingerprint density at radius 2 is 2.32 bits per heavy atom. The van der Waals surface area contributed by atoms with E-state index in [2.05, 4.69) is 12.2 Å². The molecule has 1 aromatic carbocycles. The highest BCUT2D eigenvalue weighted by Gasteiger charge is 2.27. The van der Waals surface area contributed by atoms with Gasteiger partial charge in [-0.2, -0.15) is 0 Å². The van der Waals surface area contributed by atoms with Gasteiger partial charge in [-0.25, -0.2) is 0 Å². The summed E-state index contributed by atoms with van der Waals surface area (Å²) in [6, 6.07) is 6.06. The summed E-state index contributed by atoms with van der Waals surface area (Å²) in [5.41, 5.74) is 2.83. The Bertz CT molecular complexity index is 459. The molecule has 0 bridgehead atoms. The van der Waals surface area contributed by atoms with Crippen LogP contribution in [0.25, 0.3) is 0 Å². The first-order valence-corrected chi connectivity index (χ1v) is 6.84. The number of hydrogen-bond acceptors (Lipinski definition) is 3. The van der Waals surface area contributed by atoms with Gasteiger partial charge in [0.15, 0.2) is 0 Å². The number of ether oxygens (including phenoxy) is 1. The monoisotopic (exact) mass is 262 g/mol. The summed E-state index contributed by atoms with van der Waals surface area (Å²) in [6.45, 7) is 6.04. The van der Waals surface area contributed by atoms with Crippen molar-refractivity contribution in [2.24, 2.45) is 0 Å². The van der Waals surface area contributed by atoms with Crippen LogP contribution >= 0.6 is 0 Å². The highest BCUT2D eigenvalue weighted by molar-refractivity contribution is 5.96. The lowest BCUT2D eigenvalue weighted by atomic mass is 10.0. The van der Waals surface area contributed by atoms with E-state index in [0.29, 0.717) is 19.8 Å². The Labute approximate surface area is 114 Å². The highest BCUT2D eigenvalue weighted by atomic mass is 16.5. The second-order valence-electron chi connectivity index (χ2n) is 4.92.